The molecule has 1 N–H and O–H groups in total. The minimum atomic E-state index is 0.804. The van der Waals surface area contributed by atoms with Crippen molar-refractivity contribution in [3.05, 3.63) is 47.8 Å². The SMILES string of the molecule is Cc1cc2[nH]c(CN3CC4CCC3C4)cc2c(-c2ccc(N3CCN(C)CC3)cc2)n1. The minimum absolute atomic E-state index is 0.804. The molecule has 3 fully saturated rings. The van der Waals surface area contributed by atoms with Crippen LogP contribution in [0.1, 0.15) is 30.7 Å². The number of nitrogens with zero attached hydrogens (tertiary/aromatic N) is 4. The molecule has 0 radical (unpaired) electrons. The molecule has 2 atom stereocenters. The van der Waals surface area contributed by atoms with Crippen LogP contribution < -0.4 is 4.90 Å². The lowest BCUT2D eigenvalue weighted by Crippen LogP contribution is -2.44. The van der Waals surface area contributed by atoms with Crippen molar-refractivity contribution < 1.29 is 0 Å². The number of benzene rings is 1. The van der Waals surface area contributed by atoms with Crippen molar-refractivity contribution in [1.82, 2.24) is 19.8 Å². The van der Waals surface area contributed by atoms with Gasteiger partial charge in [0.25, 0.3) is 0 Å². The van der Waals surface area contributed by atoms with Crippen LogP contribution in [-0.4, -0.2) is 65.6 Å². The smallest absolute Gasteiger partial charge is 0.0799 e. The van der Waals surface area contributed by atoms with Gasteiger partial charge in [0, 0.05) is 78.9 Å². The fourth-order valence-electron chi connectivity index (χ4n) is 5.96. The number of piperazine rings is 1. The lowest BCUT2D eigenvalue weighted by molar-refractivity contribution is 0.203. The van der Waals surface area contributed by atoms with Crippen molar-refractivity contribution in [2.75, 3.05) is 44.7 Å². The van der Waals surface area contributed by atoms with E-state index in [2.05, 4.69) is 70.1 Å². The highest BCUT2D eigenvalue weighted by molar-refractivity contribution is 5.94. The van der Waals surface area contributed by atoms with Crippen LogP contribution in [0.25, 0.3) is 22.2 Å². The maximum atomic E-state index is 4.95. The van der Waals surface area contributed by atoms with Crippen LogP contribution in [0.2, 0.25) is 0 Å². The molecule has 2 saturated heterocycles. The van der Waals surface area contributed by atoms with E-state index in [4.69, 9.17) is 4.98 Å². The number of aromatic amines is 1. The number of nitrogens with one attached hydrogen (secondary N) is 1. The summed E-state index contributed by atoms with van der Waals surface area (Å²) in [5, 5.41) is 1.25. The van der Waals surface area contributed by atoms with E-state index in [0.29, 0.717) is 0 Å². The third-order valence-electron chi connectivity index (χ3n) is 7.71. The standard InChI is InChI=1S/C26H33N5/c1-18-13-25-24(15-21(28-25)17-31-16-19-3-6-23(31)14-19)26(27-18)20-4-7-22(8-5-20)30-11-9-29(2)10-12-30/h4-5,7-8,13,15,19,23,28H,3,6,9-12,14,16-17H2,1-2H3. The lowest BCUT2D eigenvalue weighted by Gasteiger charge is -2.34. The highest BCUT2D eigenvalue weighted by atomic mass is 15.2. The quantitative estimate of drug-likeness (QED) is 0.691. The summed E-state index contributed by atoms with van der Waals surface area (Å²) in [6, 6.07) is 14.4. The molecular formula is C26H33N5. The van der Waals surface area contributed by atoms with E-state index in [9.17, 15) is 0 Å². The van der Waals surface area contributed by atoms with Crippen molar-refractivity contribution >= 4 is 16.6 Å². The third-order valence-corrected chi connectivity index (χ3v) is 7.71. The fourth-order valence-corrected chi connectivity index (χ4v) is 5.96. The Balaban J connectivity index is 1.28. The average Bonchev–Trinajstić information content (AvgIpc) is 3.49. The van der Waals surface area contributed by atoms with E-state index in [1.54, 1.807) is 0 Å². The number of anilines is 1. The average molecular weight is 416 g/mol. The minimum Gasteiger partial charge on any atom is -0.369 e. The van der Waals surface area contributed by atoms with Gasteiger partial charge in [0.15, 0.2) is 0 Å². The largest absolute Gasteiger partial charge is 0.369 e. The molecule has 6 rings (SSSR count). The fraction of sp³-hybridized carbons (Fsp3) is 0.500. The van der Waals surface area contributed by atoms with Crippen LogP contribution in [0, 0.1) is 12.8 Å². The van der Waals surface area contributed by atoms with Gasteiger partial charge in [0.2, 0.25) is 0 Å². The van der Waals surface area contributed by atoms with Crippen LogP contribution in [0.15, 0.2) is 36.4 Å². The van der Waals surface area contributed by atoms with Gasteiger partial charge in [-0.05, 0) is 63.4 Å². The summed E-state index contributed by atoms with van der Waals surface area (Å²) < 4.78 is 0. The predicted octanol–water partition coefficient (Wildman–Crippen LogP) is 4.27. The van der Waals surface area contributed by atoms with Gasteiger partial charge in [-0.1, -0.05) is 12.1 Å². The van der Waals surface area contributed by atoms with Gasteiger partial charge in [-0.2, -0.15) is 0 Å². The molecule has 1 saturated carbocycles. The molecule has 3 aromatic rings. The highest BCUT2D eigenvalue weighted by Crippen LogP contribution is 2.38. The number of aryl methyl sites for hydroxylation is 1. The molecule has 1 aromatic carbocycles. The van der Waals surface area contributed by atoms with Gasteiger partial charge < -0.3 is 14.8 Å². The first kappa shape index (κ1) is 19.3. The Kier molecular flexibility index (Phi) is 4.77. The number of likely N-dealkylation sites (tertiary alicyclic amines) is 1. The molecular weight excluding hydrogens is 382 g/mol. The summed E-state index contributed by atoms with van der Waals surface area (Å²) in [6.07, 6.45) is 4.23. The number of rotatable bonds is 4. The van der Waals surface area contributed by atoms with Crippen LogP contribution in [0.3, 0.4) is 0 Å². The number of hydrogen-bond acceptors (Lipinski definition) is 4. The number of hydrogen-bond donors (Lipinski definition) is 1. The van der Waals surface area contributed by atoms with Crippen LogP contribution >= 0.6 is 0 Å². The Morgan fingerprint density at radius 2 is 1.84 bits per heavy atom. The number of pyridine rings is 1. The zero-order valence-electron chi connectivity index (χ0n) is 18.8. The number of piperidine rings is 1. The number of H-pyrrole nitrogens is 1. The Labute approximate surface area is 185 Å². The van der Waals surface area contributed by atoms with Gasteiger partial charge in [-0.25, -0.2) is 0 Å². The van der Waals surface area contributed by atoms with Gasteiger partial charge >= 0.3 is 0 Å². The summed E-state index contributed by atoms with van der Waals surface area (Å²) in [7, 11) is 2.20. The van der Waals surface area contributed by atoms with Crippen LogP contribution in [-0.2, 0) is 6.54 Å². The molecule has 5 nitrogen and oxygen atoms in total. The molecule has 2 aliphatic heterocycles. The molecule has 162 valence electrons. The van der Waals surface area contributed by atoms with Crippen LogP contribution in [0.5, 0.6) is 0 Å². The first-order chi connectivity index (χ1) is 15.1. The molecule has 2 unspecified atom stereocenters. The van der Waals surface area contributed by atoms with Gasteiger partial charge in [0.1, 0.15) is 0 Å². The number of aromatic nitrogens is 2. The lowest BCUT2D eigenvalue weighted by atomic mass is 10.1. The summed E-state index contributed by atoms with van der Waals surface area (Å²) in [5.41, 5.74) is 7.23. The maximum absolute atomic E-state index is 4.95. The van der Waals surface area contributed by atoms with Crippen molar-refractivity contribution in [3.8, 4) is 11.3 Å². The van der Waals surface area contributed by atoms with Gasteiger partial charge in [-0.15, -0.1) is 0 Å². The maximum Gasteiger partial charge on any atom is 0.0799 e. The summed E-state index contributed by atoms with van der Waals surface area (Å²) in [5.74, 6) is 0.938. The van der Waals surface area contributed by atoms with E-state index < -0.39 is 0 Å². The molecule has 5 heteroatoms. The Morgan fingerprint density at radius 3 is 2.55 bits per heavy atom. The molecule has 0 spiro atoms. The van der Waals surface area contributed by atoms with Gasteiger partial charge in [-0.3, -0.25) is 9.88 Å². The summed E-state index contributed by atoms with van der Waals surface area (Å²) in [6.45, 7) is 8.87. The molecule has 4 heterocycles. The van der Waals surface area contributed by atoms with E-state index in [0.717, 1.165) is 56.1 Å². The molecule has 2 bridgehead atoms. The third kappa shape index (κ3) is 3.64. The molecule has 31 heavy (non-hydrogen) atoms. The molecule has 1 aliphatic carbocycles. The topological polar surface area (TPSA) is 38.4 Å². The monoisotopic (exact) mass is 415 g/mol. The Morgan fingerprint density at radius 1 is 1.03 bits per heavy atom. The molecule has 2 aromatic heterocycles. The first-order valence-electron chi connectivity index (χ1n) is 11.9. The second kappa shape index (κ2) is 7.64. The van der Waals surface area contributed by atoms with Crippen molar-refractivity contribution in [2.45, 2.75) is 38.8 Å². The zero-order chi connectivity index (χ0) is 20.9. The van der Waals surface area contributed by atoms with E-state index in [1.807, 2.05) is 0 Å². The number of fused-ring (bicyclic) bond motifs is 3. The number of likely N-dealkylation sites (N-methyl/N-ethyl adjacent to an activating group) is 1. The van der Waals surface area contributed by atoms with Crippen molar-refractivity contribution in [3.63, 3.8) is 0 Å². The Bertz CT molecular complexity index is 1080. The first-order valence-corrected chi connectivity index (χ1v) is 11.9. The van der Waals surface area contributed by atoms with E-state index >= 15 is 0 Å². The molecule has 0 amide bonds. The second-order valence-corrected chi connectivity index (χ2v) is 9.97. The Hall–Kier alpha value is -2.37. The predicted molar refractivity (Wildman–Crippen MR) is 128 cm³/mol. The summed E-state index contributed by atoms with van der Waals surface area (Å²) in [4.78, 5) is 16.2. The second-order valence-electron chi connectivity index (χ2n) is 9.97. The van der Waals surface area contributed by atoms with Gasteiger partial charge in [0.05, 0.1) is 5.69 Å². The van der Waals surface area contributed by atoms with E-state index in [-0.39, 0.29) is 0 Å². The van der Waals surface area contributed by atoms with E-state index in [1.165, 1.54) is 53.7 Å². The van der Waals surface area contributed by atoms with Crippen molar-refractivity contribution in [2.24, 2.45) is 5.92 Å². The zero-order valence-corrected chi connectivity index (χ0v) is 18.8. The van der Waals surface area contributed by atoms with Crippen molar-refractivity contribution in [1.29, 1.82) is 0 Å². The molecule has 3 aliphatic rings. The van der Waals surface area contributed by atoms with Crippen LogP contribution in [0.4, 0.5) is 5.69 Å². The summed E-state index contributed by atoms with van der Waals surface area (Å²) >= 11 is 0. The normalized spacial score (nSPS) is 24.5. The highest BCUT2D eigenvalue weighted by Gasteiger charge is 2.37.